The van der Waals surface area contributed by atoms with Gasteiger partial charge in [0.2, 0.25) is 0 Å². The number of aromatic nitrogens is 2. The summed E-state index contributed by atoms with van der Waals surface area (Å²) in [5, 5.41) is 13.7. The minimum atomic E-state index is -0.0434. The molecular formula is C19H25N3O2. The van der Waals surface area contributed by atoms with Gasteiger partial charge in [-0.15, -0.1) is 0 Å². The van der Waals surface area contributed by atoms with E-state index in [-0.39, 0.29) is 12.5 Å². The van der Waals surface area contributed by atoms with Gasteiger partial charge in [-0.2, -0.15) is 5.10 Å². The molecule has 0 spiro atoms. The number of benzene rings is 1. The zero-order valence-corrected chi connectivity index (χ0v) is 14.4. The number of hydrogen-bond donors (Lipinski definition) is 1. The fourth-order valence-corrected chi connectivity index (χ4v) is 3.03. The molecule has 1 aliphatic rings. The third kappa shape index (κ3) is 3.67. The molecule has 2 aromatic rings. The first kappa shape index (κ1) is 16.7. The Morgan fingerprint density at radius 1 is 1.42 bits per heavy atom. The predicted octanol–water partition coefficient (Wildman–Crippen LogP) is 2.72. The second-order valence-corrected chi connectivity index (χ2v) is 6.52. The number of carbonyl (C=O) groups is 1. The minimum absolute atomic E-state index is 0.00102. The Bertz CT molecular complexity index is 719. The van der Waals surface area contributed by atoms with Crippen LogP contribution in [-0.2, 0) is 13.1 Å². The van der Waals surface area contributed by atoms with E-state index in [0.717, 1.165) is 41.6 Å². The second-order valence-electron chi connectivity index (χ2n) is 6.52. The molecule has 0 radical (unpaired) electrons. The van der Waals surface area contributed by atoms with Gasteiger partial charge in [0, 0.05) is 37.0 Å². The molecule has 5 heteroatoms. The van der Waals surface area contributed by atoms with E-state index in [1.165, 1.54) is 0 Å². The van der Waals surface area contributed by atoms with Crippen molar-refractivity contribution in [3.63, 3.8) is 0 Å². The largest absolute Gasteiger partial charge is 0.395 e. The molecule has 1 aromatic heterocycles. The lowest BCUT2D eigenvalue weighted by Crippen LogP contribution is -2.33. The van der Waals surface area contributed by atoms with Crippen molar-refractivity contribution >= 4 is 5.91 Å². The van der Waals surface area contributed by atoms with Crippen molar-refractivity contribution in [2.75, 3.05) is 13.2 Å². The van der Waals surface area contributed by atoms with E-state index in [2.05, 4.69) is 17.2 Å². The minimum Gasteiger partial charge on any atom is -0.395 e. The third-order valence-corrected chi connectivity index (χ3v) is 4.50. The van der Waals surface area contributed by atoms with Gasteiger partial charge in [0.05, 0.1) is 12.8 Å². The molecule has 0 atom stereocenters. The van der Waals surface area contributed by atoms with E-state index in [0.29, 0.717) is 19.0 Å². The van der Waals surface area contributed by atoms with Gasteiger partial charge in [0.25, 0.3) is 5.91 Å². The highest BCUT2D eigenvalue weighted by Gasteiger charge is 2.29. The van der Waals surface area contributed by atoms with E-state index in [1.54, 1.807) is 11.1 Å². The standard InChI is InChI=1S/C19H25N3O2/c1-3-22-13-15(11-20-22)12-21(8-9-23)19(24)18-10-14(2)4-7-17(18)16-5-6-16/h4,7,10-11,13,16,23H,3,5-6,8-9,12H2,1-2H3. The molecule has 1 heterocycles. The highest BCUT2D eigenvalue weighted by atomic mass is 16.3. The molecule has 128 valence electrons. The van der Waals surface area contributed by atoms with E-state index in [9.17, 15) is 9.90 Å². The van der Waals surface area contributed by atoms with Crippen LogP contribution in [0.25, 0.3) is 0 Å². The molecule has 1 N–H and O–H groups in total. The SMILES string of the molecule is CCn1cc(CN(CCO)C(=O)c2cc(C)ccc2C2CC2)cn1. The Labute approximate surface area is 142 Å². The number of aliphatic hydroxyl groups is 1. The first-order valence-corrected chi connectivity index (χ1v) is 8.64. The number of amides is 1. The zero-order valence-electron chi connectivity index (χ0n) is 14.4. The summed E-state index contributed by atoms with van der Waals surface area (Å²) in [5.41, 5.74) is 4.01. The van der Waals surface area contributed by atoms with Crippen LogP contribution < -0.4 is 0 Å². The van der Waals surface area contributed by atoms with Crippen molar-refractivity contribution in [1.82, 2.24) is 14.7 Å². The number of rotatable bonds is 7. The maximum atomic E-state index is 13.1. The molecule has 1 aromatic carbocycles. The average molecular weight is 327 g/mol. The van der Waals surface area contributed by atoms with Crippen LogP contribution in [0.1, 0.15) is 52.7 Å². The molecule has 1 saturated carbocycles. The summed E-state index contributed by atoms with van der Waals surface area (Å²) >= 11 is 0. The quantitative estimate of drug-likeness (QED) is 0.850. The summed E-state index contributed by atoms with van der Waals surface area (Å²) in [6.07, 6.45) is 6.06. The lowest BCUT2D eigenvalue weighted by Gasteiger charge is -2.23. The van der Waals surface area contributed by atoms with Gasteiger partial charge in [-0.25, -0.2) is 0 Å². The van der Waals surface area contributed by atoms with Crippen molar-refractivity contribution in [3.05, 3.63) is 52.8 Å². The molecule has 5 nitrogen and oxygen atoms in total. The van der Waals surface area contributed by atoms with Gasteiger partial charge in [-0.1, -0.05) is 17.7 Å². The smallest absolute Gasteiger partial charge is 0.254 e. The van der Waals surface area contributed by atoms with Crippen LogP contribution in [0, 0.1) is 6.92 Å². The second kappa shape index (κ2) is 7.18. The van der Waals surface area contributed by atoms with Crippen LogP contribution in [-0.4, -0.2) is 38.8 Å². The molecule has 1 amide bonds. The summed E-state index contributed by atoms with van der Waals surface area (Å²) in [7, 11) is 0. The van der Waals surface area contributed by atoms with Crippen molar-refractivity contribution in [2.24, 2.45) is 0 Å². The Kier molecular flexibility index (Phi) is 5.00. The lowest BCUT2D eigenvalue weighted by atomic mass is 9.99. The van der Waals surface area contributed by atoms with Crippen molar-refractivity contribution in [1.29, 1.82) is 0 Å². The van der Waals surface area contributed by atoms with Crippen molar-refractivity contribution in [2.45, 2.75) is 45.7 Å². The van der Waals surface area contributed by atoms with Gasteiger partial charge < -0.3 is 10.0 Å². The van der Waals surface area contributed by atoms with Gasteiger partial charge >= 0.3 is 0 Å². The van der Waals surface area contributed by atoms with Crippen LogP contribution in [0.2, 0.25) is 0 Å². The van der Waals surface area contributed by atoms with Gasteiger partial charge in [0.1, 0.15) is 0 Å². The van der Waals surface area contributed by atoms with E-state index in [4.69, 9.17) is 0 Å². The average Bonchev–Trinajstić information content (AvgIpc) is 3.32. The highest BCUT2D eigenvalue weighted by Crippen LogP contribution is 2.42. The number of hydrogen-bond acceptors (Lipinski definition) is 3. The molecule has 3 rings (SSSR count). The molecule has 0 unspecified atom stereocenters. The Balaban J connectivity index is 1.85. The topological polar surface area (TPSA) is 58.4 Å². The van der Waals surface area contributed by atoms with E-state index < -0.39 is 0 Å². The Morgan fingerprint density at radius 3 is 2.83 bits per heavy atom. The van der Waals surface area contributed by atoms with Crippen molar-refractivity contribution < 1.29 is 9.90 Å². The maximum absolute atomic E-state index is 13.1. The predicted molar refractivity (Wildman–Crippen MR) is 92.9 cm³/mol. The summed E-state index contributed by atoms with van der Waals surface area (Å²) < 4.78 is 1.85. The van der Waals surface area contributed by atoms with E-state index >= 15 is 0 Å². The number of aliphatic hydroxyl groups excluding tert-OH is 1. The fourth-order valence-electron chi connectivity index (χ4n) is 3.03. The summed E-state index contributed by atoms with van der Waals surface area (Å²) in [4.78, 5) is 14.8. The maximum Gasteiger partial charge on any atom is 0.254 e. The monoisotopic (exact) mass is 327 g/mol. The number of aryl methyl sites for hydroxylation is 2. The first-order valence-electron chi connectivity index (χ1n) is 8.64. The molecule has 0 bridgehead atoms. The van der Waals surface area contributed by atoms with Gasteiger partial charge in [0.15, 0.2) is 0 Å². The Hall–Kier alpha value is -2.14. The lowest BCUT2D eigenvalue weighted by molar-refractivity contribution is 0.0706. The molecule has 0 aliphatic heterocycles. The first-order chi connectivity index (χ1) is 11.6. The molecule has 1 aliphatic carbocycles. The number of carbonyl (C=O) groups excluding carboxylic acids is 1. The summed E-state index contributed by atoms with van der Waals surface area (Å²) in [6.45, 7) is 5.60. The molecule has 1 fully saturated rings. The molecule has 0 saturated heterocycles. The van der Waals surface area contributed by atoms with Crippen LogP contribution in [0.15, 0.2) is 30.6 Å². The summed E-state index contributed by atoms with van der Waals surface area (Å²) in [5.74, 6) is 0.516. The normalized spacial score (nSPS) is 14.0. The van der Waals surface area contributed by atoms with Gasteiger partial charge in [-0.05, 0) is 44.2 Å². The highest BCUT2D eigenvalue weighted by molar-refractivity contribution is 5.96. The molecular weight excluding hydrogens is 302 g/mol. The van der Waals surface area contributed by atoms with Crippen LogP contribution in [0.5, 0.6) is 0 Å². The zero-order chi connectivity index (χ0) is 17.1. The number of nitrogens with zero attached hydrogens (tertiary/aromatic N) is 3. The van der Waals surface area contributed by atoms with Gasteiger partial charge in [-0.3, -0.25) is 9.48 Å². The third-order valence-electron chi connectivity index (χ3n) is 4.50. The fraction of sp³-hybridized carbons (Fsp3) is 0.474. The van der Waals surface area contributed by atoms with Crippen LogP contribution >= 0.6 is 0 Å². The van der Waals surface area contributed by atoms with Crippen LogP contribution in [0.3, 0.4) is 0 Å². The Morgan fingerprint density at radius 2 is 2.21 bits per heavy atom. The summed E-state index contributed by atoms with van der Waals surface area (Å²) in [6, 6.07) is 6.15. The van der Waals surface area contributed by atoms with Crippen molar-refractivity contribution in [3.8, 4) is 0 Å². The van der Waals surface area contributed by atoms with Crippen LogP contribution in [0.4, 0.5) is 0 Å². The van der Waals surface area contributed by atoms with E-state index in [1.807, 2.05) is 30.8 Å². The molecule has 24 heavy (non-hydrogen) atoms.